The molecule has 5 rings (SSSR count). The summed E-state index contributed by atoms with van der Waals surface area (Å²) in [5, 5.41) is 1.01. The standard InChI is InChI=1S/C24H20Cl2N4O3S/c25-17-3-6-20(21(26)11-17)24(14-30-10-9-27-15-30)32-13-19(33-24)12-31-18-4-1-16(2-5-18)22-7-8-28-23(34)29-22/h1-11,15,19H,12-14H2,(H,28,29,34)/t19-,24-/m1/s1. The Labute approximate surface area is 211 Å². The van der Waals surface area contributed by atoms with Gasteiger partial charge in [0, 0.05) is 34.9 Å². The monoisotopic (exact) mass is 514 g/mol. The van der Waals surface area contributed by atoms with Gasteiger partial charge in [0.1, 0.15) is 18.5 Å². The van der Waals surface area contributed by atoms with Crippen LogP contribution in [0.1, 0.15) is 5.56 Å². The van der Waals surface area contributed by atoms with Gasteiger partial charge in [-0.3, -0.25) is 0 Å². The molecule has 10 heteroatoms. The van der Waals surface area contributed by atoms with Crippen molar-refractivity contribution in [2.75, 3.05) is 13.2 Å². The third kappa shape index (κ3) is 5.01. The number of hydrogen-bond donors (Lipinski definition) is 1. The Morgan fingerprint density at radius 2 is 2.00 bits per heavy atom. The lowest BCUT2D eigenvalue weighted by Crippen LogP contribution is -2.34. The average Bonchev–Trinajstić information content (AvgIpc) is 3.49. The lowest BCUT2D eigenvalue weighted by Gasteiger charge is -2.30. The van der Waals surface area contributed by atoms with Crippen LogP contribution < -0.4 is 4.74 Å². The van der Waals surface area contributed by atoms with E-state index in [2.05, 4.69) is 15.0 Å². The highest BCUT2D eigenvalue weighted by atomic mass is 35.5. The van der Waals surface area contributed by atoms with Gasteiger partial charge in [-0.15, -0.1) is 0 Å². The molecular weight excluding hydrogens is 495 g/mol. The number of nitrogens with zero attached hydrogens (tertiary/aromatic N) is 3. The molecule has 7 nitrogen and oxygen atoms in total. The van der Waals surface area contributed by atoms with Gasteiger partial charge in [-0.25, -0.2) is 9.97 Å². The van der Waals surface area contributed by atoms with Gasteiger partial charge in [0.25, 0.3) is 0 Å². The van der Waals surface area contributed by atoms with Crippen molar-refractivity contribution in [3.63, 3.8) is 0 Å². The highest BCUT2D eigenvalue weighted by molar-refractivity contribution is 7.71. The number of H-pyrrole nitrogens is 1. The van der Waals surface area contributed by atoms with Crippen molar-refractivity contribution in [2.24, 2.45) is 0 Å². The molecule has 0 aliphatic carbocycles. The molecule has 0 radical (unpaired) electrons. The van der Waals surface area contributed by atoms with Gasteiger partial charge >= 0.3 is 0 Å². The summed E-state index contributed by atoms with van der Waals surface area (Å²) in [5.41, 5.74) is 2.58. The normalized spacial score (nSPS) is 19.9. The van der Waals surface area contributed by atoms with Crippen molar-refractivity contribution in [3.8, 4) is 17.0 Å². The van der Waals surface area contributed by atoms with Gasteiger partial charge in [0.05, 0.1) is 24.5 Å². The Balaban J connectivity index is 1.29. The maximum absolute atomic E-state index is 6.52. The fraction of sp³-hybridized carbons (Fsp3) is 0.208. The van der Waals surface area contributed by atoms with E-state index in [0.29, 0.717) is 40.1 Å². The zero-order chi connectivity index (χ0) is 23.5. The lowest BCUT2D eigenvalue weighted by atomic mass is 10.1. The van der Waals surface area contributed by atoms with Crippen LogP contribution in [0.5, 0.6) is 5.75 Å². The van der Waals surface area contributed by atoms with E-state index in [-0.39, 0.29) is 6.10 Å². The van der Waals surface area contributed by atoms with Crippen LogP contribution >= 0.6 is 35.4 Å². The Kier molecular flexibility index (Phi) is 6.67. The van der Waals surface area contributed by atoms with Crippen molar-refractivity contribution >= 4 is 35.4 Å². The topological polar surface area (TPSA) is 74.2 Å². The van der Waals surface area contributed by atoms with Gasteiger partial charge in [0.15, 0.2) is 4.77 Å². The molecule has 4 aromatic rings. The molecule has 0 unspecified atom stereocenters. The molecule has 0 spiro atoms. The zero-order valence-corrected chi connectivity index (χ0v) is 20.2. The lowest BCUT2D eigenvalue weighted by molar-refractivity contribution is -0.189. The summed E-state index contributed by atoms with van der Waals surface area (Å²) in [6.07, 6.45) is 6.64. The third-order valence-electron chi connectivity index (χ3n) is 5.43. The molecule has 174 valence electrons. The van der Waals surface area contributed by atoms with Gasteiger partial charge < -0.3 is 23.8 Å². The first-order chi connectivity index (χ1) is 16.5. The Hall–Kier alpha value is -2.75. The fourth-order valence-electron chi connectivity index (χ4n) is 3.83. The number of imidazole rings is 1. The third-order valence-corrected chi connectivity index (χ3v) is 6.18. The molecule has 2 aromatic heterocycles. The molecule has 1 N–H and O–H groups in total. The molecule has 1 aliphatic rings. The second kappa shape index (κ2) is 9.85. The maximum atomic E-state index is 6.52. The van der Waals surface area contributed by atoms with Crippen LogP contribution in [0.4, 0.5) is 0 Å². The molecule has 1 fully saturated rings. The zero-order valence-electron chi connectivity index (χ0n) is 17.9. The number of nitrogens with one attached hydrogen (secondary N) is 1. The molecule has 1 aliphatic heterocycles. The predicted octanol–water partition coefficient (Wildman–Crippen LogP) is 5.66. The number of ether oxygens (including phenoxy) is 3. The summed E-state index contributed by atoms with van der Waals surface area (Å²) in [7, 11) is 0. The molecule has 3 heterocycles. The fourth-order valence-corrected chi connectivity index (χ4v) is 4.56. The highest BCUT2D eigenvalue weighted by Crippen LogP contribution is 2.40. The Morgan fingerprint density at radius 3 is 2.74 bits per heavy atom. The van der Waals surface area contributed by atoms with Crippen molar-refractivity contribution in [1.29, 1.82) is 0 Å². The van der Waals surface area contributed by atoms with Gasteiger partial charge in [-0.05, 0) is 60.2 Å². The van der Waals surface area contributed by atoms with Crippen molar-refractivity contribution in [3.05, 3.63) is 93.8 Å². The summed E-state index contributed by atoms with van der Waals surface area (Å²) >= 11 is 17.7. The smallest absolute Gasteiger partial charge is 0.215 e. The molecule has 0 saturated carbocycles. The van der Waals surface area contributed by atoms with Gasteiger partial charge in [-0.1, -0.05) is 29.3 Å². The van der Waals surface area contributed by atoms with Crippen molar-refractivity contribution in [1.82, 2.24) is 19.5 Å². The molecule has 2 atom stereocenters. The summed E-state index contributed by atoms with van der Waals surface area (Å²) in [4.78, 5) is 11.2. The largest absolute Gasteiger partial charge is 0.491 e. The maximum Gasteiger partial charge on any atom is 0.215 e. The quantitative estimate of drug-likeness (QED) is 0.321. The molecule has 0 amide bonds. The number of halogens is 2. The second-order valence-electron chi connectivity index (χ2n) is 7.79. The first-order valence-electron chi connectivity index (χ1n) is 10.5. The Morgan fingerprint density at radius 1 is 1.15 bits per heavy atom. The van der Waals surface area contributed by atoms with Crippen molar-refractivity contribution in [2.45, 2.75) is 18.4 Å². The van der Waals surface area contributed by atoms with E-state index in [0.717, 1.165) is 17.0 Å². The van der Waals surface area contributed by atoms with Gasteiger partial charge in [-0.2, -0.15) is 0 Å². The predicted molar refractivity (Wildman–Crippen MR) is 132 cm³/mol. The minimum absolute atomic E-state index is 0.300. The summed E-state index contributed by atoms with van der Waals surface area (Å²) in [6.45, 7) is 1.04. The number of aromatic amines is 1. The summed E-state index contributed by atoms with van der Waals surface area (Å²) in [6, 6.07) is 14.9. The van der Waals surface area contributed by atoms with E-state index in [1.165, 1.54) is 0 Å². The van der Waals surface area contributed by atoms with E-state index >= 15 is 0 Å². The van der Waals surface area contributed by atoms with Crippen LogP contribution in [-0.4, -0.2) is 38.8 Å². The van der Waals surface area contributed by atoms with Gasteiger partial charge in [0.2, 0.25) is 5.79 Å². The van der Waals surface area contributed by atoms with E-state index in [1.54, 1.807) is 30.9 Å². The minimum Gasteiger partial charge on any atom is -0.491 e. The number of rotatable bonds is 7. The SMILES string of the molecule is S=c1nccc(-c2ccc(OC[C@@H]3CO[C@@](Cn4ccnc4)(c4ccc(Cl)cc4Cl)O3)cc2)[nH]1. The van der Waals surface area contributed by atoms with Crippen LogP contribution in [0.2, 0.25) is 10.0 Å². The number of hydrogen-bond acceptors (Lipinski definition) is 6. The van der Waals surface area contributed by atoms with E-state index in [4.69, 9.17) is 49.6 Å². The first kappa shape index (κ1) is 23.0. The Bertz CT molecular complexity index is 1330. The van der Waals surface area contributed by atoms with Crippen LogP contribution in [-0.2, 0) is 21.8 Å². The second-order valence-corrected chi connectivity index (χ2v) is 9.02. The molecule has 0 bridgehead atoms. The van der Waals surface area contributed by atoms with E-state index in [1.807, 2.05) is 47.2 Å². The van der Waals surface area contributed by atoms with E-state index < -0.39 is 5.79 Å². The van der Waals surface area contributed by atoms with Crippen LogP contribution in [0.15, 0.2) is 73.4 Å². The molecular formula is C24H20Cl2N4O3S. The van der Waals surface area contributed by atoms with Crippen LogP contribution in [0.3, 0.4) is 0 Å². The van der Waals surface area contributed by atoms with Crippen LogP contribution in [0, 0.1) is 4.77 Å². The summed E-state index contributed by atoms with van der Waals surface area (Å²) < 4.78 is 20.9. The minimum atomic E-state index is -1.08. The molecule has 1 saturated heterocycles. The van der Waals surface area contributed by atoms with E-state index in [9.17, 15) is 0 Å². The van der Waals surface area contributed by atoms with Crippen molar-refractivity contribution < 1.29 is 14.2 Å². The highest BCUT2D eigenvalue weighted by Gasteiger charge is 2.45. The molecule has 34 heavy (non-hydrogen) atoms. The average molecular weight is 515 g/mol. The summed E-state index contributed by atoms with van der Waals surface area (Å²) in [5.74, 6) is -0.365. The van der Waals surface area contributed by atoms with Crippen LogP contribution in [0.25, 0.3) is 11.3 Å². The molecule has 2 aromatic carbocycles. The number of benzene rings is 2. The first-order valence-corrected chi connectivity index (χ1v) is 11.7. The number of aromatic nitrogens is 4.